The Kier molecular flexibility index (Phi) is 10.6. The Morgan fingerprint density at radius 3 is 2.32 bits per heavy atom. The number of ketones is 1. The maximum atomic E-state index is 13.3. The van der Waals surface area contributed by atoms with Crippen LogP contribution in [0.3, 0.4) is 0 Å². The minimum atomic E-state index is -0.773. The van der Waals surface area contributed by atoms with Gasteiger partial charge in [-0.1, -0.05) is 45.4 Å². The second kappa shape index (κ2) is 13.7. The van der Waals surface area contributed by atoms with Crippen LogP contribution in [-0.2, 0) is 9.59 Å². The Bertz CT molecular complexity index is 1140. The number of ether oxygens (including phenoxy) is 2. The topological polar surface area (TPSA) is 79.3 Å². The van der Waals surface area contributed by atoms with Crippen LogP contribution in [0.1, 0.15) is 58.2 Å². The number of amides is 1. The van der Waals surface area contributed by atoms with Gasteiger partial charge in [-0.15, -0.1) is 0 Å². The largest absolute Gasteiger partial charge is 0.507 e. The van der Waals surface area contributed by atoms with Gasteiger partial charge in [0.25, 0.3) is 11.7 Å². The first kappa shape index (κ1) is 29.5. The molecule has 1 atom stereocenters. The number of aliphatic hydroxyl groups excluding tert-OH is 1. The number of hydrogen-bond acceptors (Lipinski definition) is 6. The summed E-state index contributed by atoms with van der Waals surface area (Å²) in [5, 5.41) is 11.8. The molecule has 2 aromatic carbocycles. The van der Waals surface area contributed by atoms with Crippen molar-refractivity contribution in [1.82, 2.24) is 9.80 Å². The molecule has 0 bridgehead atoms. The Labute approximate surface area is 231 Å². The third-order valence-corrected chi connectivity index (χ3v) is 7.00. The summed E-state index contributed by atoms with van der Waals surface area (Å²) in [7, 11) is 0. The van der Waals surface area contributed by atoms with Crippen molar-refractivity contribution in [3.05, 3.63) is 64.2 Å². The molecule has 0 aromatic heterocycles. The number of aliphatic hydroxyl groups is 1. The molecule has 0 aliphatic carbocycles. The first-order valence-corrected chi connectivity index (χ1v) is 13.8. The summed E-state index contributed by atoms with van der Waals surface area (Å²) in [6.45, 7) is 13.9. The molecule has 3 rings (SSSR count). The Balaban J connectivity index is 2.09. The van der Waals surface area contributed by atoms with E-state index < -0.39 is 17.7 Å². The van der Waals surface area contributed by atoms with Crippen LogP contribution >= 0.6 is 11.6 Å². The molecule has 1 fully saturated rings. The molecule has 7 nitrogen and oxygen atoms in total. The molecule has 1 heterocycles. The highest BCUT2D eigenvalue weighted by molar-refractivity contribution is 6.46. The number of likely N-dealkylation sites (tertiary alicyclic amines) is 1. The third kappa shape index (κ3) is 6.88. The van der Waals surface area contributed by atoms with Gasteiger partial charge in [-0.3, -0.25) is 9.59 Å². The molecule has 1 aliphatic rings. The number of benzene rings is 2. The van der Waals surface area contributed by atoms with Gasteiger partial charge < -0.3 is 24.4 Å². The van der Waals surface area contributed by atoms with E-state index in [1.54, 1.807) is 29.2 Å². The molecule has 206 valence electrons. The zero-order chi connectivity index (χ0) is 27.8. The molecular formula is C30H39ClN2O5. The minimum absolute atomic E-state index is 0.0489. The Hall–Kier alpha value is -3.03. The van der Waals surface area contributed by atoms with Gasteiger partial charge in [-0.25, -0.2) is 0 Å². The van der Waals surface area contributed by atoms with E-state index in [4.69, 9.17) is 21.1 Å². The van der Waals surface area contributed by atoms with E-state index in [0.717, 1.165) is 19.5 Å². The van der Waals surface area contributed by atoms with Crippen molar-refractivity contribution in [1.29, 1.82) is 0 Å². The van der Waals surface area contributed by atoms with Gasteiger partial charge in [-0.2, -0.15) is 0 Å². The summed E-state index contributed by atoms with van der Waals surface area (Å²) in [5.74, 6) is 0.0718. The fourth-order valence-electron chi connectivity index (χ4n) is 4.50. The highest BCUT2D eigenvalue weighted by Gasteiger charge is 2.46. The van der Waals surface area contributed by atoms with Gasteiger partial charge in [0.15, 0.2) is 11.5 Å². The van der Waals surface area contributed by atoms with E-state index in [-0.39, 0.29) is 11.3 Å². The number of halogens is 1. The predicted molar refractivity (Wildman–Crippen MR) is 151 cm³/mol. The van der Waals surface area contributed by atoms with Crippen molar-refractivity contribution in [3.63, 3.8) is 0 Å². The van der Waals surface area contributed by atoms with Gasteiger partial charge >= 0.3 is 0 Å². The van der Waals surface area contributed by atoms with Crippen LogP contribution in [0.15, 0.2) is 48.0 Å². The second-order valence-electron chi connectivity index (χ2n) is 9.70. The lowest BCUT2D eigenvalue weighted by Gasteiger charge is -2.28. The monoisotopic (exact) mass is 542 g/mol. The molecule has 1 saturated heterocycles. The maximum absolute atomic E-state index is 13.3. The first-order valence-electron chi connectivity index (χ1n) is 13.4. The summed E-state index contributed by atoms with van der Waals surface area (Å²) in [4.78, 5) is 30.4. The van der Waals surface area contributed by atoms with Crippen molar-refractivity contribution < 1.29 is 24.2 Å². The van der Waals surface area contributed by atoms with Crippen LogP contribution in [-0.4, -0.2) is 66.0 Å². The predicted octanol–water partition coefficient (Wildman–Crippen LogP) is 5.93. The van der Waals surface area contributed by atoms with E-state index >= 15 is 0 Å². The van der Waals surface area contributed by atoms with Crippen molar-refractivity contribution in [2.75, 3.05) is 39.4 Å². The van der Waals surface area contributed by atoms with Crippen LogP contribution in [0, 0.1) is 5.92 Å². The van der Waals surface area contributed by atoms with Crippen molar-refractivity contribution in [2.24, 2.45) is 5.92 Å². The fourth-order valence-corrected chi connectivity index (χ4v) is 4.62. The molecule has 38 heavy (non-hydrogen) atoms. The first-order chi connectivity index (χ1) is 18.2. The van der Waals surface area contributed by atoms with Crippen molar-refractivity contribution >= 4 is 29.1 Å². The number of carbonyl (C=O) groups is 2. The average Bonchev–Trinajstić information content (AvgIpc) is 3.15. The van der Waals surface area contributed by atoms with Crippen LogP contribution in [0.2, 0.25) is 5.02 Å². The highest BCUT2D eigenvalue weighted by Crippen LogP contribution is 2.42. The van der Waals surface area contributed by atoms with Crippen LogP contribution in [0.4, 0.5) is 0 Å². The molecule has 2 aromatic rings. The maximum Gasteiger partial charge on any atom is 0.295 e. The lowest BCUT2D eigenvalue weighted by Crippen LogP contribution is -2.38. The average molecular weight is 543 g/mol. The molecule has 0 saturated carbocycles. The molecule has 0 radical (unpaired) electrons. The molecule has 8 heteroatoms. The molecule has 1 N–H and O–H groups in total. The van der Waals surface area contributed by atoms with E-state index in [2.05, 4.69) is 32.6 Å². The number of carbonyl (C=O) groups excluding carboxylic acids is 2. The summed E-state index contributed by atoms with van der Waals surface area (Å²) in [6.07, 6.45) is 0.903. The van der Waals surface area contributed by atoms with Gasteiger partial charge in [0.1, 0.15) is 5.76 Å². The summed E-state index contributed by atoms with van der Waals surface area (Å²) < 4.78 is 11.9. The van der Waals surface area contributed by atoms with Crippen molar-refractivity contribution in [2.45, 2.75) is 47.1 Å². The zero-order valence-corrected chi connectivity index (χ0v) is 23.8. The Morgan fingerprint density at radius 1 is 1.03 bits per heavy atom. The van der Waals surface area contributed by atoms with Crippen LogP contribution < -0.4 is 9.47 Å². The molecule has 0 spiro atoms. The number of nitrogens with zero attached hydrogens (tertiary/aromatic N) is 2. The quantitative estimate of drug-likeness (QED) is 0.192. The van der Waals surface area contributed by atoms with Gasteiger partial charge in [0.2, 0.25) is 0 Å². The number of hydrogen-bond donors (Lipinski definition) is 1. The molecule has 1 unspecified atom stereocenters. The highest BCUT2D eigenvalue weighted by atomic mass is 35.5. The molecular weight excluding hydrogens is 504 g/mol. The van der Waals surface area contributed by atoms with Gasteiger partial charge in [0, 0.05) is 23.7 Å². The molecule has 1 aliphatic heterocycles. The number of Topliss-reactive ketones (excluding diaryl/α,β-unsaturated/α-hetero) is 1. The summed E-state index contributed by atoms with van der Waals surface area (Å²) in [6, 6.07) is 11.2. The second-order valence-corrected chi connectivity index (χ2v) is 10.1. The van der Waals surface area contributed by atoms with E-state index in [9.17, 15) is 14.7 Å². The minimum Gasteiger partial charge on any atom is -0.507 e. The lowest BCUT2D eigenvalue weighted by molar-refractivity contribution is -0.140. The standard InChI is InChI=1S/C30H39ClN2O5/c1-6-32(7-2)16-17-33-27(22-11-14-24(25(19-22)37-8-3)38-18-15-20(4)5)26(29(35)30(33)36)28(34)21-9-12-23(31)13-10-21/h9-14,19-20,27,34H,6-8,15-18H2,1-5H3. The van der Waals surface area contributed by atoms with E-state index in [0.29, 0.717) is 59.9 Å². The Morgan fingerprint density at radius 2 is 1.71 bits per heavy atom. The van der Waals surface area contributed by atoms with Gasteiger partial charge in [0.05, 0.1) is 24.8 Å². The van der Waals surface area contributed by atoms with E-state index in [1.807, 2.05) is 25.1 Å². The fraction of sp³-hybridized carbons (Fsp3) is 0.467. The lowest BCUT2D eigenvalue weighted by atomic mass is 9.95. The number of rotatable bonds is 13. The zero-order valence-electron chi connectivity index (χ0n) is 23.0. The SMILES string of the molecule is CCOc1cc(C2C(=C(O)c3ccc(Cl)cc3)C(=O)C(=O)N2CCN(CC)CC)ccc1OCCC(C)C. The third-order valence-electron chi connectivity index (χ3n) is 6.75. The summed E-state index contributed by atoms with van der Waals surface area (Å²) in [5.41, 5.74) is 1.13. The molecule has 1 amide bonds. The normalized spacial score (nSPS) is 17.1. The van der Waals surface area contributed by atoms with E-state index in [1.165, 1.54) is 0 Å². The van der Waals surface area contributed by atoms with Gasteiger partial charge in [-0.05, 0) is 74.3 Å². The number of likely N-dealkylation sites (N-methyl/N-ethyl adjacent to an activating group) is 1. The summed E-state index contributed by atoms with van der Waals surface area (Å²) >= 11 is 6.03. The van der Waals surface area contributed by atoms with Crippen LogP contribution in [0.5, 0.6) is 11.5 Å². The van der Waals surface area contributed by atoms with Crippen molar-refractivity contribution in [3.8, 4) is 11.5 Å². The van der Waals surface area contributed by atoms with Crippen LogP contribution in [0.25, 0.3) is 5.76 Å². The smallest absolute Gasteiger partial charge is 0.295 e.